The lowest BCUT2D eigenvalue weighted by atomic mass is 10.1. The summed E-state index contributed by atoms with van der Waals surface area (Å²) in [5.41, 5.74) is 3.07. The number of hydrogen-bond donors (Lipinski definition) is 1. The lowest BCUT2D eigenvalue weighted by Crippen LogP contribution is -2.31. The Morgan fingerprint density at radius 3 is 2.46 bits per heavy atom. The summed E-state index contributed by atoms with van der Waals surface area (Å²) in [7, 11) is 0. The van der Waals surface area contributed by atoms with E-state index in [0.29, 0.717) is 6.54 Å². The van der Waals surface area contributed by atoms with Gasteiger partial charge in [0.15, 0.2) is 0 Å². The van der Waals surface area contributed by atoms with Crippen molar-refractivity contribution in [2.24, 2.45) is 0 Å². The van der Waals surface area contributed by atoms with Crippen LogP contribution in [-0.4, -0.2) is 29.3 Å². The Hall–Kier alpha value is -1.75. The molecule has 3 rings (SSSR count). The molecule has 1 atom stereocenters. The second-order valence-electron chi connectivity index (χ2n) is 6.41. The van der Waals surface area contributed by atoms with E-state index in [1.165, 1.54) is 11.6 Å². The summed E-state index contributed by atoms with van der Waals surface area (Å²) in [4.78, 5) is 2.30. The van der Waals surface area contributed by atoms with Crippen molar-refractivity contribution in [1.29, 1.82) is 0 Å². The van der Waals surface area contributed by atoms with E-state index in [-0.39, 0.29) is 18.5 Å². The molecule has 24 heavy (non-hydrogen) atoms. The Morgan fingerprint density at radius 2 is 1.79 bits per heavy atom. The van der Waals surface area contributed by atoms with Crippen LogP contribution in [0.2, 0.25) is 0 Å². The summed E-state index contributed by atoms with van der Waals surface area (Å²) in [6.45, 7) is 3.21. The van der Waals surface area contributed by atoms with Gasteiger partial charge in [0.2, 0.25) is 0 Å². The highest BCUT2D eigenvalue weighted by molar-refractivity contribution is 5.22. The maximum Gasteiger partial charge on any atom is 0.123 e. The quantitative estimate of drug-likeness (QED) is 0.844. The lowest BCUT2D eigenvalue weighted by molar-refractivity contribution is 0.0679. The molecule has 2 aromatic carbocycles. The number of hydrogen-bond acceptors (Lipinski definition) is 3. The zero-order valence-electron chi connectivity index (χ0n) is 13.8. The molecule has 1 aliphatic rings. The highest BCUT2D eigenvalue weighted by Crippen LogP contribution is 2.18. The molecule has 0 bridgehead atoms. The second-order valence-corrected chi connectivity index (χ2v) is 6.41. The van der Waals surface area contributed by atoms with Crippen LogP contribution in [0, 0.1) is 5.82 Å². The molecule has 0 radical (unpaired) electrons. The Labute approximate surface area is 142 Å². The van der Waals surface area contributed by atoms with Crippen molar-refractivity contribution < 1.29 is 14.2 Å². The maximum absolute atomic E-state index is 13.5. The van der Waals surface area contributed by atoms with Crippen molar-refractivity contribution in [3.63, 3.8) is 0 Å². The van der Waals surface area contributed by atoms with Crippen LogP contribution in [0.5, 0.6) is 0 Å². The molecule has 1 heterocycles. The third-order valence-corrected chi connectivity index (χ3v) is 4.39. The van der Waals surface area contributed by atoms with Crippen molar-refractivity contribution in [3.8, 4) is 0 Å². The third-order valence-electron chi connectivity index (χ3n) is 4.39. The molecule has 4 heteroatoms. The first-order chi connectivity index (χ1) is 11.7. The van der Waals surface area contributed by atoms with Crippen LogP contribution in [0.25, 0.3) is 0 Å². The predicted octanol–water partition coefficient (Wildman–Crippen LogP) is 3.50. The van der Waals surface area contributed by atoms with Gasteiger partial charge in [-0.1, -0.05) is 36.4 Å². The molecule has 1 saturated heterocycles. The largest absolute Gasteiger partial charge is 0.392 e. The Morgan fingerprint density at radius 1 is 1.04 bits per heavy atom. The van der Waals surface area contributed by atoms with Gasteiger partial charge in [-0.25, -0.2) is 4.39 Å². The standard InChI is InChI=1S/C20H24FNO2/c21-19-4-1-3-18(11-19)13-22(14-20-5-2-10-24-20)12-16-6-8-17(15-23)9-7-16/h1,3-4,6-9,11,20,23H,2,5,10,12-15H2. The van der Waals surface area contributed by atoms with Crippen LogP contribution >= 0.6 is 0 Å². The van der Waals surface area contributed by atoms with Gasteiger partial charge in [-0.05, 0) is 41.7 Å². The molecule has 128 valence electrons. The van der Waals surface area contributed by atoms with Crippen LogP contribution < -0.4 is 0 Å². The van der Waals surface area contributed by atoms with Gasteiger partial charge in [0.05, 0.1) is 12.7 Å². The fourth-order valence-corrected chi connectivity index (χ4v) is 3.16. The van der Waals surface area contributed by atoms with Gasteiger partial charge in [0.25, 0.3) is 0 Å². The summed E-state index contributed by atoms with van der Waals surface area (Å²) >= 11 is 0. The molecule has 0 saturated carbocycles. The van der Waals surface area contributed by atoms with Gasteiger partial charge >= 0.3 is 0 Å². The first-order valence-corrected chi connectivity index (χ1v) is 8.50. The Balaban J connectivity index is 1.70. The molecule has 0 aromatic heterocycles. The number of aliphatic hydroxyl groups excluding tert-OH is 1. The number of ether oxygens (including phenoxy) is 1. The van der Waals surface area contributed by atoms with Gasteiger partial charge in [-0.3, -0.25) is 4.90 Å². The minimum absolute atomic E-state index is 0.0587. The van der Waals surface area contributed by atoms with E-state index in [1.54, 1.807) is 12.1 Å². The van der Waals surface area contributed by atoms with Crippen LogP contribution in [0.4, 0.5) is 4.39 Å². The number of aliphatic hydroxyl groups is 1. The number of benzene rings is 2. The van der Waals surface area contributed by atoms with Crippen LogP contribution in [0.3, 0.4) is 0 Å². The van der Waals surface area contributed by atoms with Crippen molar-refractivity contribution >= 4 is 0 Å². The molecule has 2 aromatic rings. The number of nitrogens with zero attached hydrogens (tertiary/aromatic N) is 1. The summed E-state index contributed by atoms with van der Waals surface area (Å²) in [5, 5.41) is 9.16. The van der Waals surface area contributed by atoms with Crippen molar-refractivity contribution in [2.45, 2.75) is 38.6 Å². The van der Waals surface area contributed by atoms with E-state index in [4.69, 9.17) is 9.84 Å². The zero-order valence-corrected chi connectivity index (χ0v) is 13.8. The average Bonchev–Trinajstić information content (AvgIpc) is 3.08. The van der Waals surface area contributed by atoms with E-state index >= 15 is 0 Å². The summed E-state index contributed by atoms with van der Waals surface area (Å²) in [6, 6.07) is 14.8. The highest BCUT2D eigenvalue weighted by atomic mass is 19.1. The smallest absolute Gasteiger partial charge is 0.123 e. The van der Waals surface area contributed by atoms with Crippen LogP contribution in [0.15, 0.2) is 48.5 Å². The van der Waals surface area contributed by atoms with Crippen molar-refractivity contribution in [3.05, 3.63) is 71.0 Å². The summed E-state index contributed by atoms with van der Waals surface area (Å²) in [6.07, 6.45) is 2.46. The summed E-state index contributed by atoms with van der Waals surface area (Å²) < 4.78 is 19.2. The maximum atomic E-state index is 13.5. The first-order valence-electron chi connectivity index (χ1n) is 8.50. The topological polar surface area (TPSA) is 32.7 Å². The molecular formula is C20H24FNO2. The van der Waals surface area contributed by atoms with Gasteiger partial charge in [-0.2, -0.15) is 0 Å². The van der Waals surface area contributed by atoms with E-state index in [0.717, 1.165) is 43.7 Å². The fraction of sp³-hybridized carbons (Fsp3) is 0.400. The van der Waals surface area contributed by atoms with E-state index in [9.17, 15) is 4.39 Å². The monoisotopic (exact) mass is 329 g/mol. The Kier molecular flexibility index (Phi) is 5.96. The Bertz CT molecular complexity index is 638. The van der Waals surface area contributed by atoms with Crippen LogP contribution in [-0.2, 0) is 24.4 Å². The van der Waals surface area contributed by atoms with Crippen molar-refractivity contribution in [2.75, 3.05) is 13.2 Å². The normalized spacial score (nSPS) is 17.5. The lowest BCUT2D eigenvalue weighted by Gasteiger charge is -2.25. The molecule has 1 unspecified atom stereocenters. The fourth-order valence-electron chi connectivity index (χ4n) is 3.16. The van der Waals surface area contributed by atoms with Crippen molar-refractivity contribution in [1.82, 2.24) is 4.90 Å². The number of halogens is 1. The molecular weight excluding hydrogens is 305 g/mol. The van der Waals surface area contributed by atoms with Gasteiger partial charge in [0, 0.05) is 26.2 Å². The van der Waals surface area contributed by atoms with E-state index in [1.807, 2.05) is 30.3 Å². The average molecular weight is 329 g/mol. The summed E-state index contributed by atoms with van der Waals surface area (Å²) in [5.74, 6) is -0.197. The molecule has 1 N–H and O–H groups in total. The number of rotatable bonds is 7. The highest BCUT2D eigenvalue weighted by Gasteiger charge is 2.19. The second kappa shape index (κ2) is 8.38. The van der Waals surface area contributed by atoms with Crippen LogP contribution in [0.1, 0.15) is 29.5 Å². The van der Waals surface area contributed by atoms with E-state index < -0.39 is 0 Å². The molecule has 0 spiro atoms. The van der Waals surface area contributed by atoms with Gasteiger partial charge in [-0.15, -0.1) is 0 Å². The van der Waals surface area contributed by atoms with E-state index in [2.05, 4.69) is 4.90 Å². The molecule has 3 nitrogen and oxygen atoms in total. The first kappa shape index (κ1) is 17.1. The predicted molar refractivity (Wildman–Crippen MR) is 91.9 cm³/mol. The SMILES string of the molecule is OCc1ccc(CN(Cc2cccc(F)c2)CC2CCCO2)cc1. The molecule has 0 amide bonds. The van der Waals surface area contributed by atoms with Gasteiger partial charge in [0.1, 0.15) is 5.82 Å². The third kappa shape index (κ3) is 4.87. The minimum Gasteiger partial charge on any atom is -0.392 e. The zero-order chi connectivity index (χ0) is 16.8. The molecule has 1 fully saturated rings. The minimum atomic E-state index is -0.197. The molecule has 0 aliphatic carbocycles. The van der Waals surface area contributed by atoms with Gasteiger partial charge < -0.3 is 9.84 Å². The molecule has 1 aliphatic heterocycles.